The van der Waals surface area contributed by atoms with Gasteiger partial charge in [0.25, 0.3) is 0 Å². The Morgan fingerprint density at radius 1 is 1.43 bits per heavy atom. The molecule has 0 spiro atoms. The van der Waals surface area contributed by atoms with E-state index in [0.717, 1.165) is 12.8 Å². The van der Waals surface area contributed by atoms with Crippen LogP contribution in [0.1, 0.15) is 33.6 Å². The van der Waals surface area contributed by atoms with Gasteiger partial charge < -0.3 is 5.32 Å². The Bertz CT molecular complexity index is 214. The molecule has 0 bridgehead atoms. The van der Waals surface area contributed by atoms with E-state index in [4.69, 9.17) is 6.42 Å². The van der Waals surface area contributed by atoms with Crippen molar-refractivity contribution in [2.24, 2.45) is 0 Å². The van der Waals surface area contributed by atoms with E-state index in [0.29, 0.717) is 13.1 Å². The first kappa shape index (κ1) is 13.0. The van der Waals surface area contributed by atoms with Crippen molar-refractivity contribution in [1.82, 2.24) is 10.6 Å². The molecule has 0 aliphatic carbocycles. The second-order valence-corrected chi connectivity index (χ2v) is 3.62. The first-order chi connectivity index (χ1) is 6.58. The summed E-state index contributed by atoms with van der Waals surface area (Å²) in [5, 5.41) is 5.84. The fraction of sp³-hybridized carbons (Fsp3) is 0.727. The highest BCUT2D eigenvalue weighted by molar-refractivity contribution is 5.78. The van der Waals surface area contributed by atoms with Gasteiger partial charge in [-0.25, -0.2) is 0 Å². The van der Waals surface area contributed by atoms with E-state index in [-0.39, 0.29) is 11.4 Å². The SMILES string of the molecule is C#CCNCC(=O)NC(C)(CC)CC. The molecule has 0 aliphatic rings. The highest BCUT2D eigenvalue weighted by Gasteiger charge is 2.21. The molecule has 80 valence electrons. The molecule has 0 fully saturated rings. The van der Waals surface area contributed by atoms with Gasteiger partial charge in [0.1, 0.15) is 0 Å². The zero-order valence-corrected chi connectivity index (χ0v) is 9.31. The maximum atomic E-state index is 11.4. The van der Waals surface area contributed by atoms with E-state index in [9.17, 15) is 4.79 Å². The van der Waals surface area contributed by atoms with E-state index in [1.165, 1.54) is 0 Å². The lowest BCUT2D eigenvalue weighted by molar-refractivity contribution is -0.122. The average molecular weight is 196 g/mol. The second-order valence-electron chi connectivity index (χ2n) is 3.62. The minimum atomic E-state index is -0.0884. The highest BCUT2D eigenvalue weighted by Crippen LogP contribution is 2.12. The Hall–Kier alpha value is -1.01. The predicted molar refractivity (Wildman–Crippen MR) is 58.8 cm³/mol. The van der Waals surface area contributed by atoms with Gasteiger partial charge in [-0.05, 0) is 19.8 Å². The number of nitrogens with one attached hydrogen (secondary N) is 2. The van der Waals surface area contributed by atoms with Crippen LogP contribution in [0.5, 0.6) is 0 Å². The largest absolute Gasteiger partial charge is 0.350 e. The van der Waals surface area contributed by atoms with Gasteiger partial charge in [0, 0.05) is 5.54 Å². The standard InChI is InChI=1S/C11H20N2O/c1-5-8-12-9-10(14)13-11(4,6-2)7-3/h1,12H,6-9H2,2-4H3,(H,13,14). The van der Waals surface area contributed by atoms with Crippen LogP contribution in [0.15, 0.2) is 0 Å². The zero-order valence-electron chi connectivity index (χ0n) is 9.31. The second kappa shape index (κ2) is 6.44. The summed E-state index contributed by atoms with van der Waals surface area (Å²) in [5.74, 6) is 2.43. The summed E-state index contributed by atoms with van der Waals surface area (Å²) in [6.45, 7) is 6.91. The van der Waals surface area contributed by atoms with Crippen molar-refractivity contribution in [2.75, 3.05) is 13.1 Å². The summed E-state index contributed by atoms with van der Waals surface area (Å²) >= 11 is 0. The van der Waals surface area contributed by atoms with Crippen molar-refractivity contribution in [1.29, 1.82) is 0 Å². The Morgan fingerprint density at radius 3 is 2.43 bits per heavy atom. The van der Waals surface area contributed by atoms with Crippen LogP contribution in [0.2, 0.25) is 0 Å². The molecule has 0 saturated heterocycles. The van der Waals surface area contributed by atoms with Crippen LogP contribution in [-0.2, 0) is 4.79 Å². The Kier molecular flexibility index (Phi) is 5.98. The lowest BCUT2D eigenvalue weighted by Gasteiger charge is -2.28. The van der Waals surface area contributed by atoms with Gasteiger partial charge in [0.05, 0.1) is 13.1 Å². The number of hydrogen-bond donors (Lipinski definition) is 2. The molecule has 0 saturated carbocycles. The van der Waals surface area contributed by atoms with Crippen LogP contribution in [0.25, 0.3) is 0 Å². The highest BCUT2D eigenvalue weighted by atomic mass is 16.2. The van der Waals surface area contributed by atoms with Crippen LogP contribution in [0, 0.1) is 12.3 Å². The van der Waals surface area contributed by atoms with Crippen molar-refractivity contribution in [3.8, 4) is 12.3 Å². The summed E-state index contributed by atoms with van der Waals surface area (Å²) in [7, 11) is 0. The molecule has 0 aromatic carbocycles. The van der Waals surface area contributed by atoms with Gasteiger partial charge in [-0.1, -0.05) is 19.8 Å². The molecule has 0 aliphatic heterocycles. The van der Waals surface area contributed by atoms with E-state index < -0.39 is 0 Å². The summed E-state index contributed by atoms with van der Waals surface area (Å²) in [6, 6.07) is 0. The van der Waals surface area contributed by atoms with Crippen LogP contribution in [0.4, 0.5) is 0 Å². The molecule has 0 unspecified atom stereocenters. The lowest BCUT2D eigenvalue weighted by Crippen LogP contribution is -2.48. The van der Waals surface area contributed by atoms with Gasteiger partial charge in [-0.3, -0.25) is 10.1 Å². The number of carbonyl (C=O) groups is 1. The summed E-state index contributed by atoms with van der Waals surface area (Å²) in [6.07, 6.45) is 6.92. The van der Waals surface area contributed by atoms with Crippen molar-refractivity contribution >= 4 is 5.91 Å². The molecule has 2 N–H and O–H groups in total. The molecule has 0 aromatic heterocycles. The molecule has 0 aromatic rings. The minimum absolute atomic E-state index is 0.00597. The molecule has 14 heavy (non-hydrogen) atoms. The third-order valence-electron chi connectivity index (χ3n) is 2.51. The van der Waals surface area contributed by atoms with Crippen LogP contribution < -0.4 is 10.6 Å². The summed E-state index contributed by atoms with van der Waals surface area (Å²) in [4.78, 5) is 11.4. The van der Waals surface area contributed by atoms with E-state index in [2.05, 4.69) is 30.4 Å². The first-order valence-corrected chi connectivity index (χ1v) is 5.03. The predicted octanol–water partition coefficient (Wildman–Crippen LogP) is 0.904. The smallest absolute Gasteiger partial charge is 0.234 e. The zero-order chi connectivity index (χ0) is 11.0. The van der Waals surface area contributed by atoms with Crippen LogP contribution in [-0.4, -0.2) is 24.5 Å². The quantitative estimate of drug-likeness (QED) is 0.489. The fourth-order valence-corrected chi connectivity index (χ4v) is 1.06. The normalized spacial score (nSPS) is 10.7. The maximum absolute atomic E-state index is 11.4. The number of hydrogen-bond acceptors (Lipinski definition) is 2. The maximum Gasteiger partial charge on any atom is 0.234 e. The monoisotopic (exact) mass is 196 g/mol. The van der Waals surface area contributed by atoms with Gasteiger partial charge in [-0.15, -0.1) is 6.42 Å². The number of amides is 1. The topological polar surface area (TPSA) is 41.1 Å². The fourth-order valence-electron chi connectivity index (χ4n) is 1.06. The molecule has 0 atom stereocenters. The third kappa shape index (κ3) is 4.88. The minimum Gasteiger partial charge on any atom is -0.350 e. The van der Waals surface area contributed by atoms with Gasteiger partial charge in [0.15, 0.2) is 0 Å². The molecule has 3 heteroatoms. The van der Waals surface area contributed by atoms with Crippen molar-refractivity contribution in [2.45, 2.75) is 39.2 Å². The van der Waals surface area contributed by atoms with Crippen molar-refractivity contribution < 1.29 is 4.79 Å². The Balaban J connectivity index is 3.87. The van der Waals surface area contributed by atoms with E-state index in [1.807, 2.05) is 6.92 Å². The third-order valence-corrected chi connectivity index (χ3v) is 2.51. The molecule has 0 radical (unpaired) electrons. The van der Waals surface area contributed by atoms with Gasteiger partial charge >= 0.3 is 0 Å². The summed E-state index contributed by atoms with van der Waals surface area (Å²) < 4.78 is 0. The van der Waals surface area contributed by atoms with Crippen molar-refractivity contribution in [3.63, 3.8) is 0 Å². The van der Waals surface area contributed by atoms with Gasteiger partial charge in [0.2, 0.25) is 5.91 Å². The first-order valence-electron chi connectivity index (χ1n) is 5.03. The molecule has 0 heterocycles. The van der Waals surface area contributed by atoms with Crippen LogP contribution in [0.3, 0.4) is 0 Å². The van der Waals surface area contributed by atoms with Gasteiger partial charge in [-0.2, -0.15) is 0 Å². The number of rotatable bonds is 6. The molecule has 0 rings (SSSR count). The van der Waals surface area contributed by atoms with Crippen LogP contribution >= 0.6 is 0 Å². The van der Waals surface area contributed by atoms with E-state index >= 15 is 0 Å². The molecule has 1 amide bonds. The summed E-state index contributed by atoms with van der Waals surface area (Å²) in [5.41, 5.74) is -0.0884. The molecular weight excluding hydrogens is 176 g/mol. The number of carbonyl (C=O) groups excluding carboxylic acids is 1. The Morgan fingerprint density at radius 2 is 2.00 bits per heavy atom. The Labute approximate surface area is 86.6 Å². The average Bonchev–Trinajstić information content (AvgIpc) is 2.18. The molecular formula is C11H20N2O. The number of terminal acetylenes is 1. The molecule has 3 nitrogen and oxygen atoms in total. The van der Waals surface area contributed by atoms with Crippen molar-refractivity contribution in [3.05, 3.63) is 0 Å². The lowest BCUT2D eigenvalue weighted by atomic mass is 9.95. The van der Waals surface area contributed by atoms with E-state index in [1.54, 1.807) is 0 Å².